The van der Waals surface area contributed by atoms with E-state index in [2.05, 4.69) is 27.2 Å². The molecule has 0 spiro atoms. The number of likely N-dealkylation sites (tertiary alicyclic amines) is 1. The van der Waals surface area contributed by atoms with Gasteiger partial charge in [0.1, 0.15) is 0 Å². The lowest BCUT2D eigenvalue weighted by atomic mass is 10.1. The number of rotatable bonds is 2. The zero-order valence-corrected chi connectivity index (χ0v) is 10.8. The topological polar surface area (TPSA) is 87.0 Å². The van der Waals surface area contributed by atoms with Crippen molar-refractivity contribution in [3.63, 3.8) is 0 Å². The molecule has 1 unspecified atom stereocenters. The number of aromatic nitrogens is 2. The summed E-state index contributed by atoms with van der Waals surface area (Å²) in [7, 11) is 2.10. The number of aromatic amines is 1. The van der Waals surface area contributed by atoms with Crippen LogP contribution in [0.15, 0.2) is 23.3 Å². The number of fused-ring (bicyclic) bond motifs is 1. The van der Waals surface area contributed by atoms with Gasteiger partial charge in [0.05, 0.1) is 28.6 Å². The molecule has 3 rings (SSSR count). The molecule has 0 amide bonds. The summed E-state index contributed by atoms with van der Waals surface area (Å²) in [5.41, 5.74) is 7.94. The number of likely N-dealkylation sites (N-methyl/N-ethyl adjacent to an activating group) is 1. The van der Waals surface area contributed by atoms with Crippen molar-refractivity contribution < 1.29 is 0 Å². The average Bonchev–Trinajstić information content (AvgIpc) is 2.77. The van der Waals surface area contributed by atoms with Crippen LogP contribution in [0.3, 0.4) is 0 Å². The molecule has 1 aliphatic rings. The third-order valence-electron chi connectivity index (χ3n) is 3.56. The van der Waals surface area contributed by atoms with Crippen LogP contribution in [-0.2, 0) is 0 Å². The zero-order valence-electron chi connectivity index (χ0n) is 10.8. The van der Waals surface area contributed by atoms with Gasteiger partial charge in [-0.3, -0.25) is 4.79 Å². The predicted octanol–water partition coefficient (Wildman–Crippen LogP) is 0.621. The number of nitrogens with two attached hydrogens (primary N) is 1. The molecule has 0 saturated carbocycles. The van der Waals surface area contributed by atoms with Crippen LogP contribution in [0.5, 0.6) is 0 Å². The third-order valence-corrected chi connectivity index (χ3v) is 3.56. The molecule has 2 aromatic rings. The quantitative estimate of drug-likeness (QED) is 0.688. The van der Waals surface area contributed by atoms with Crippen LogP contribution < -0.4 is 16.6 Å². The normalized spacial score (nSPS) is 19.9. The fraction of sp³-hybridized carbons (Fsp3) is 0.385. The number of anilines is 2. The second kappa shape index (κ2) is 4.55. The second-order valence-corrected chi connectivity index (χ2v) is 5.08. The Hall–Kier alpha value is -2.08. The van der Waals surface area contributed by atoms with E-state index >= 15 is 0 Å². The number of nitrogens with zero attached hydrogens (tertiary/aromatic N) is 2. The molecular weight excluding hydrogens is 242 g/mol. The Morgan fingerprint density at radius 2 is 2.37 bits per heavy atom. The van der Waals surface area contributed by atoms with E-state index in [0.29, 0.717) is 22.6 Å². The minimum absolute atomic E-state index is 0.163. The Balaban J connectivity index is 1.95. The van der Waals surface area contributed by atoms with Crippen LogP contribution in [0.25, 0.3) is 10.9 Å². The number of benzene rings is 1. The second-order valence-electron chi connectivity index (χ2n) is 5.08. The van der Waals surface area contributed by atoms with Gasteiger partial charge in [-0.1, -0.05) is 0 Å². The van der Waals surface area contributed by atoms with Crippen molar-refractivity contribution in [3.8, 4) is 0 Å². The van der Waals surface area contributed by atoms with Gasteiger partial charge in [-0.05, 0) is 32.1 Å². The van der Waals surface area contributed by atoms with Crippen LogP contribution in [0, 0.1) is 0 Å². The van der Waals surface area contributed by atoms with Gasteiger partial charge < -0.3 is 20.9 Å². The van der Waals surface area contributed by atoms with Gasteiger partial charge in [-0.2, -0.15) is 0 Å². The standard InChI is InChI=1S/C13H17N5O/c1-18-3-2-8(6-18)17-12-5-11-9(4-10(12)14)13(19)16-7-15-11/h4-5,7-8,17H,2-3,6,14H2,1H3,(H,15,16,19). The van der Waals surface area contributed by atoms with Crippen molar-refractivity contribution in [1.82, 2.24) is 14.9 Å². The Kier molecular flexibility index (Phi) is 2.87. The average molecular weight is 259 g/mol. The summed E-state index contributed by atoms with van der Waals surface area (Å²) in [5.74, 6) is 0. The molecule has 0 aliphatic carbocycles. The van der Waals surface area contributed by atoms with Crippen molar-refractivity contribution >= 4 is 22.3 Å². The van der Waals surface area contributed by atoms with Gasteiger partial charge in [0, 0.05) is 12.6 Å². The summed E-state index contributed by atoms with van der Waals surface area (Å²) in [5, 5.41) is 3.95. The first-order valence-electron chi connectivity index (χ1n) is 6.35. The largest absolute Gasteiger partial charge is 0.397 e. The maximum absolute atomic E-state index is 11.7. The molecule has 6 nitrogen and oxygen atoms in total. The van der Waals surface area contributed by atoms with E-state index in [-0.39, 0.29) is 5.56 Å². The first kappa shape index (κ1) is 12.0. The summed E-state index contributed by atoms with van der Waals surface area (Å²) in [4.78, 5) is 20.6. The number of nitrogen functional groups attached to an aromatic ring is 1. The molecule has 0 radical (unpaired) electrons. The van der Waals surface area contributed by atoms with Crippen molar-refractivity contribution in [2.75, 3.05) is 31.2 Å². The first-order valence-corrected chi connectivity index (χ1v) is 6.35. The molecule has 6 heteroatoms. The Bertz CT molecular complexity index is 666. The van der Waals surface area contributed by atoms with Gasteiger partial charge in [0.15, 0.2) is 0 Å². The summed E-state index contributed by atoms with van der Waals surface area (Å²) >= 11 is 0. The lowest BCUT2D eigenvalue weighted by Crippen LogP contribution is -2.24. The zero-order chi connectivity index (χ0) is 13.4. The Morgan fingerprint density at radius 3 is 3.11 bits per heavy atom. The van der Waals surface area contributed by atoms with E-state index in [1.807, 2.05) is 6.07 Å². The summed E-state index contributed by atoms with van der Waals surface area (Å²) < 4.78 is 0. The fourth-order valence-corrected chi connectivity index (χ4v) is 2.53. The maximum Gasteiger partial charge on any atom is 0.258 e. The highest BCUT2D eigenvalue weighted by Crippen LogP contribution is 2.25. The van der Waals surface area contributed by atoms with E-state index < -0.39 is 0 Å². The molecule has 1 saturated heterocycles. The van der Waals surface area contributed by atoms with Crippen molar-refractivity contribution in [2.45, 2.75) is 12.5 Å². The third kappa shape index (κ3) is 2.26. The number of hydrogen-bond donors (Lipinski definition) is 3. The first-order chi connectivity index (χ1) is 9.13. The van der Waals surface area contributed by atoms with Crippen LogP contribution >= 0.6 is 0 Å². The molecule has 1 fully saturated rings. The van der Waals surface area contributed by atoms with E-state index in [4.69, 9.17) is 5.73 Å². The van der Waals surface area contributed by atoms with Gasteiger partial charge in [0.25, 0.3) is 5.56 Å². The summed E-state index contributed by atoms with van der Waals surface area (Å²) in [6.07, 6.45) is 2.50. The maximum atomic E-state index is 11.7. The smallest absolute Gasteiger partial charge is 0.258 e. The van der Waals surface area contributed by atoms with E-state index in [1.165, 1.54) is 6.33 Å². The predicted molar refractivity (Wildman–Crippen MR) is 76.3 cm³/mol. The highest BCUT2D eigenvalue weighted by Gasteiger charge is 2.20. The monoisotopic (exact) mass is 259 g/mol. The number of nitrogens with one attached hydrogen (secondary N) is 2. The molecule has 1 aliphatic heterocycles. The van der Waals surface area contributed by atoms with Crippen LogP contribution in [0.4, 0.5) is 11.4 Å². The van der Waals surface area contributed by atoms with Gasteiger partial charge in [-0.25, -0.2) is 4.98 Å². The molecule has 1 aromatic carbocycles. The Morgan fingerprint density at radius 1 is 1.53 bits per heavy atom. The molecule has 1 aromatic heterocycles. The highest BCUT2D eigenvalue weighted by molar-refractivity contribution is 5.88. The Labute approximate surface area is 110 Å². The van der Waals surface area contributed by atoms with E-state index in [9.17, 15) is 4.79 Å². The van der Waals surface area contributed by atoms with Gasteiger partial charge >= 0.3 is 0 Å². The molecule has 2 heterocycles. The fourth-order valence-electron chi connectivity index (χ4n) is 2.53. The van der Waals surface area contributed by atoms with Gasteiger partial charge in [0.2, 0.25) is 0 Å². The molecule has 19 heavy (non-hydrogen) atoms. The van der Waals surface area contributed by atoms with Gasteiger partial charge in [-0.15, -0.1) is 0 Å². The lowest BCUT2D eigenvalue weighted by Gasteiger charge is -2.16. The number of hydrogen-bond acceptors (Lipinski definition) is 5. The summed E-state index contributed by atoms with van der Waals surface area (Å²) in [6, 6.07) is 3.92. The molecule has 0 bridgehead atoms. The lowest BCUT2D eigenvalue weighted by molar-refractivity contribution is 0.414. The van der Waals surface area contributed by atoms with Crippen molar-refractivity contribution in [2.24, 2.45) is 0 Å². The molecular formula is C13H17N5O. The molecule has 4 N–H and O–H groups in total. The van der Waals surface area contributed by atoms with Crippen LogP contribution in [0.1, 0.15) is 6.42 Å². The van der Waals surface area contributed by atoms with E-state index in [1.54, 1.807) is 6.07 Å². The highest BCUT2D eigenvalue weighted by atomic mass is 16.1. The minimum Gasteiger partial charge on any atom is -0.397 e. The van der Waals surface area contributed by atoms with Crippen LogP contribution in [0.2, 0.25) is 0 Å². The molecule has 1 atom stereocenters. The van der Waals surface area contributed by atoms with E-state index in [0.717, 1.165) is 25.2 Å². The number of H-pyrrole nitrogens is 1. The minimum atomic E-state index is -0.163. The van der Waals surface area contributed by atoms with Crippen LogP contribution in [-0.4, -0.2) is 41.0 Å². The van der Waals surface area contributed by atoms with Crippen molar-refractivity contribution in [3.05, 3.63) is 28.8 Å². The van der Waals surface area contributed by atoms with Crippen molar-refractivity contribution in [1.29, 1.82) is 0 Å². The SMILES string of the molecule is CN1CCC(Nc2cc3nc[nH]c(=O)c3cc2N)C1. The summed E-state index contributed by atoms with van der Waals surface area (Å²) in [6.45, 7) is 2.09. The molecule has 100 valence electrons.